The third-order valence-electron chi connectivity index (χ3n) is 23.7. The molecular formula is C112H117BrN6O15. The fourth-order valence-corrected chi connectivity index (χ4v) is 18.6. The lowest BCUT2D eigenvalue weighted by Crippen LogP contribution is -2.30. The smallest absolute Gasteiger partial charge is 0.337 e. The molecule has 0 amide bonds. The molecule has 6 aromatic heterocycles. The summed E-state index contributed by atoms with van der Waals surface area (Å²) in [6.07, 6.45) is 5.42. The molecule has 21 nitrogen and oxygen atoms in total. The number of aromatic nitrogens is 6. The van der Waals surface area contributed by atoms with Gasteiger partial charge in [0.1, 0.15) is 42.7 Å². The van der Waals surface area contributed by atoms with Crippen molar-refractivity contribution < 1.29 is 57.4 Å². The minimum absolute atomic E-state index is 0.0298. The SMILES string of the molecule is Cc1cc2[nH]c(=O)ccc2c(-c2ccc3c4c(ccnc24)CCO3)c1[C@@H](COC(=O)C(C)(C)C)OC(C)(C)C.Cc1cccc(-n2c(=O)ccc3c(-c4ccc5c6c(ccnc46)CCO5)c([C@@H](COC(=O)C(C)(C)C)OC(C)(C)C)c(C)cc32)c1.Cc1cccc(-n2c(=O)ccc3c(-c4ccc5c6c(ccnc46)CCO5)c([C@H](OC(C)(C)C)C(=O)O)c(C)cc32)c1.Cc1cccc(Br)c1. The molecule has 2 N–H and O–H groups in total. The van der Waals surface area contributed by atoms with Crippen molar-refractivity contribution in [1.29, 1.82) is 0 Å². The third-order valence-corrected chi connectivity index (χ3v) is 24.2. The van der Waals surface area contributed by atoms with E-state index >= 15 is 0 Å². The van der Waals surface area contributed by atoms with Gasteiger partial charge in [-0.25, -0.2) is 4.79 Å². The van der Waals surface area contributed by atoms with Crippen LogP contribution in [0.5, 0.6) is 17.2 Å². The Bertz CT molecular complexity index is 7290. The van der Waals surface area contributed by atoms with E-state index in [-0.39, 0.29) is 41.8 Å². The number of hydrogen-bond acceptors (Lipinski definition) is 17. The normalized spacial score (nSPS) is 13.7. The van der Waals surface area contributed by atoms with Gasteiger partial charge >= 0.3 is 17.9 Å². The summed E-state index contributed by atoms with van der Waals surface area (Å²) >= 11 is 3.36. The zero-order valence-electron chi connectivity index (χ0n) is 80.2. The van der Waals surface area contributed by atoms with Crippen molar-refractivity contribution in [2.24, 2.45) is 10.8 Å². The lowest BCUT2D eigenvalue weighted by Gasteiger charge is -2.32. The van der Waals surface area contributed by atoms with Crippen LogP contribution in [-0.4, -0.2) is 102 Å². The van der Waals surface area contributed by atoms with E-state index in [1.54, 1.807) is 27.5 Å². The van der Waals surface area contributed by atoms with Crippen LogP contribution in [0, 0.1) is 52.4 Å². The number of hydrogen-bond donors (Lipinski definition) is 2. The minimum Gasteiger partial charge on any atom is -0.493 e. The monoisotopic (exact) mass is 1860 g/mol. The van der Waals surface area contributed by atoms with Gasteiger partial charge in [-0.3, -0.25) is 48.1 Å². The summed E-state index contributed by atoms with van der Waals surface area (Å²) in [5, 5.41) is 15.9. The van der Waals surface area contributed by atoms with Crippen molar-refractivity contribution >= 4 is 99.3 Å². The second kappa shape index (κ2) is 38.2. The van der Waals surface area contributed by atoms with Crippen LogP contribution in [0.15, 0.2) is 219 Å². The number of nitrogens with one attached hydrogen (secondary N) is 1. The van der Waals surface area contributed by atoms with Gasteiger partial charge in [-0.05, 0) is 345 Å². The highest BCUT2D eigenvalue weighted by Gasteiger charge is 2.38. The number of halogens is 1. The van der Waals surface area contributed by atoms with Gasteiger partial charge in [0.15, 0.2) is 6.10 Å². The van der Waals surface area contributed by atoms with E-state index in [1.807, 2.05) is 284 Å². The fourth-order valence-electron chi connectivity index (χ4n) is 18.1. The van der Waals surface area contributed by atoms with Crippen LogP contribution >= 0.6 is 15.9 Å². The van der Waals surface area contributed by atoms with Gasteiger partial charge in [0.2, 0.25) is 5.56 Å². The van der Waals surface area contributed by atoms with Crippen LogP contribution in [0.4, 0.5) is 0 Å². The zero-order chi connectivity index (χ0) is 96.1. The van der Waals surface area contributed by atoms with Crippen molar-refractivity contribution in [3.8, 4) is 62.0 Å². The Morgan fingerprint density at radius 3 is 1.16 bits per heavy atom. The summed E-state index contributed by atoms with van der Waals surface area (Å²) in [6, 6.07) is 58.1. The summed E-state index contributed by atoms with van der Waals surface area (Å²) in [5.41, 5.74) is 19.2. The van der Waals surface area contributed by atoms with E-state index in [4.69, 9.17) is 52.8 Å². The van der Waals surface area contributed by atoms with E-state index in [9.17, 15) is 33.9 Å². The lowest BCUT2D eigenvalue weighted by molar-refractivity contribution is -0.162. The number of fused-ring (bicyclic) bond motifs is 3. The Balaban J connectivity index is 0.000000147. The van der Waals surface area contributed by atoms with Gasteiger partial charge < -0.3 is 48.0 Å². The number of ether oxygens (including phenoxy) is 8. The molecule has 0 aliphatic carbocycles. The van der Waals surface area contributed by atoms with Crippen molar-refractivity contribution in [2.75, 3.05) is 33.0 Å². The molecule has 0 saturated heterocycles. The molecule has 0 radical (unpaired) electrons. The maximum atomic E-state index is 13.6. The number of H-pyrrole nitrogens is 1. The number of rotatable bonds is 16. The molecule has 3 aliphatic heterocycles. The molecule has 15 aromatic rings. The van der Waals surface area contributed by atoms with E-state index in [2.05, 4.69) is 52.1 Å². The molecule has 0 bridgehead atoms. The number of esters is 2. The second-order valence-electron chi connectivity index (χ2n) is 39.9. The number of aromatic amines is 1. The molecule has 692 valence electrons. The Morgan fingerprint density at radius 1 is 0.425 bits per heavy atom. The number of pyridine rings is 6. The van der Waals surface area contributed by atoms with Gasteiger partial charge in [-0.15, -0.1) is 0 Å². The Kier molecular flexibility index (Phi) is 27.2. The molecule has 0 unspecified atom stereocenters. The molecule has 18 rings (SSSR count). The fraction of sp³-hybridized carbons (Fsp3) is 0.330. The zero-order valence-corrected chi connectivity index (χ0v) is 81.8. The molecular weight excluding hydrogens is 1750 g/mol. The Morgan fingerprint density at radius 2 is 0.791 bits per heavy atom. The van der Waals surface area contributed by atoms with E-state index in [0.717, 1.165) is 179 Å². The Hall–Kier alpha value is -13.0. The first-order valence-electron chi connectivity index (χ1n) is 45.5. The van der Waals surface area contributed by atoms with Crippen LogP contribution in [0.25, 0.3) is 110 Å². The van der Waals surface area contributed by atoms with Gasteiger partial charge in [-0.2, -0.15) is 0 Å². The molecule has 9 heterocycles. The molecule has 0 saturated carbocycles. The average Bonchev–Trinajstić information content (AvgIpc) is 0.730. The number of carboxylic acid groups (broad SMARTS) is 1. The summed E-state index contributed by atoms with van der Waals surface area (Å²) in [6.45, 7) is 42.4. The first kappa shape index (κ1) is 95.6. The quantitative estimate of drug-likeness (QED) is 0.0852. The number of carbonyl (C=O) groups is 3. The number of aryl methyl sites for hydroxylation is 6. The molecule has 0 fully saturated rings. The van der Waals surface area contributed by atoms with Crippen LogP contribution in [-0.2, 0) is 57.3 Å². The molecule has 9 aromatic carbocycles. The first-order valence-corrected chi connectivity index (χ1v) is 46.3. The minimum atomic E-state index is -1.25. The number of carbonyl (C=O) groups excluding carboxylic acids is 2. The average molecular weight is 1870 g/mol. The maximum Gasteiger partial charge on any atom is 0.337 e. The standard InChI is InChI=1S/C39H42N2O5.C34H32N2O5.C32H36N2O5.C7H7Br/c1-23-10-9-11-26(20-23)41-29-21-24(2)33(31(46-39(6,7)8)22-45-37(43)38(3,4)5)35(27(29)13-15-32(41)42)28-12-14-30-34-25(17-19-44-30)16-18-40-36(28)34;1-19-7-6-8-22(17-19)36-25-18-20(2)28(32(33(38)39)41-34(3,4)5)30(23(25)10-12-27(36)37)24-9-11-26-29-21(14-16-40-26)13-15-35-31(24)29;1-18-16-22-20(9-11-25(35)34-22)28(21-8-10-23-27-19(13-15-37-23)12-14-33-29(21)27)26(18)24(39-32(5,6)7)17-38-30(36)31(2,3)4;1-6-3-2-4-7(8)5-6/h9-16,18,20-21,31H,17,19,22H2,1-8H3;6-13,15,17-18,32H,14,16H2,1-5H3,(H,38,39);8-12,14,16,24H,13,15,17H2,1-7H3,(H,34,35);2-5H,1H3/t31-;32-;24-;/m101./s1. The van der Waals surface area contributed by atoms with Crippen molar-refractivity contribution in [3.05, 3.63) is 303 Å². The largest absolute Gasteiger partial charge is 0.493 e. The highest BCUT2D eigenvalue weighted by Crippen LogP contribution is 2.50. The summed E-state index contributed by atoms with van der Waals surface area (Å²) in [5.74, 6) is 0.698. The number of nitrogens with zero attached hydrogens (tertiary/aromatic N) is 5. The van der Waals surface area contributed by atoms with Crippen molar-refractivity contribution in [3.63, 3.8) is 0 Å². The predicted molar refractivity (Wildman–Crippen MR) is 535 cm³/mol. The van der Waals surface area contributed by atoms with Gasteiger partial charge in [-0.1, -0.05) is 57.9 Å². The molecule has 22 heteroatoms. The number of carboxylic acids is 1. The summed E-state index contributed by atoms with van der Waals surface area (Å²) in [7, 11) is 0. The first-order chi connectivity index (χ1) is 63.4. The number of aliphatic carboxylic acids is 1. The van der Waals surface area contributed by atoms with Crippen LogP contribution in [0.1, 0.15) is 189 Å². The topological polar surface area (TPSA) is 261 Å². The lowest BCUT2D eigenvalue weighted by atomic mass is 9.86. The molecule has 3 atom stereocenters. The van der Waals surface area contributed by atoms with Crippen LogP contribution in [0.2, 0.25) is 0 Å². The highest BCUT2D eigenvalue weighted by atomic mass is 79.9. The molecule has 134 heavy (non-hydrogen) atoms. The third kappa shape index (κ3) is 20.5. The Labute approximate surface area is 789 Å². The van der Waals surface area contributed by atoms with Gasteiger partial charge in [0.05, 0.1) is 75.0 Å². The van der Waals surface area contributed by atoms with Crippen molar-refractivity contribution in [2.45, 2.75) is 200 Å². The summed E-state index contributed by atoms with van der Waals surface area (Å²) < 4.78 is 54.0. The van der Waals surface area contributed by atoms with Crippen molar-refractivity contribution in [1.82, 2.24) is 29.1 Å². The van der Waals surface area contributed by atoms with E-state index in [1.165, 1.54) is 28.8 Å². The second-order valence-corrected chi connectivity index (χ2v) is 40.8. The maximum absolute atomic E-state index is 13.6. The molecule has 3 aliphatic rings. The predicted octanol–water partition coefficient (Wildman–Crippen LogP) is 24.1. The summed E-state index contributed by atoms with van der Waals surface area (Å²) in [4.78, 5) is 95.5. The highest BCUT2D eigenvalue weighted by molar-refractivity contribution is 9.10. The van der Waals surface area contributed by atoms with Gasteiger partial charge in [0, 0.05) is 132 Å². The van der Waals surface area contributed by atoms with E-state index < -0.39 is 51.9 Å². The van der Waals surface area contributed by atoms with E-state index in [0.29, 0.717) is 42.0 Å². The van der Waals surface area contributed by atoms with Crippen LogP contribution in [0.3, 0.4) is 0 Å². The number of benzene rings is 9. The van der Waals surface area contributed by atoms with Crippen LogP contribution < -0.4 is 30.9 Å². The molecule has 0 spiro atoms. The van der Waals surface area contributed by atoms with Gasteiger partial charge in [0.25, 0.3) is 11.1 Å².